The van der Waals surface area contributed by atoms with Gasteiger partial charge in [0.25, 0.3) is 0 Å². The Morgan fingerprint density at radius 2 is 1.11 bits per heavy atom. The van der Waals surface area contributed by atoms with Crippen molar-refractivity contribution in [1.29, 1.82) is 0 Å². The predicted octanol–water partition coefficient (Wildman–Crippen LogP) is -5.96. The van der Waals surface area contributed by atoms with Gasteiger partial charge in [0, 0.05) is 20.8 Å². The second kappa shape index (κ2) is 14.4. The van der Waals surface area contributed by atoms with Crippen LogP contribution >= 0.6 is 0 Å². The van der Waals surface area contributed by atoms with E-state index < -0.39 is 122 Å². The third-order valence-corrected chi connectivity index (χ3v) is 7.29. The summed E-state index contributed by atoms with van der Waals surface area (Å²) in [6, 6.07) is -5.69. The van der Waals surface area contributed by atoms with Crippen molar-refractivity contribution in [3.63, 3.8) is 0 Å². The molecule has 3 aliphatic rings. The van der Waals surface area contributed by atoms with Gasteiger partial charge >= 0.3 is 11.9 Å². The van der Waals surface area contributed by atoms with Crippen LogP contribution < -0.4 is 21.7 Å². The van der Waals surface area contributed by atoms with E-state index in [1.165, 1.54) is 6.92 Å². The monoisotopic (exact) mass is 638 g/mol. The van der Waals surface area contributed by atoms with Gasteiger partial charge in [-0.2, -0.15) is 0 Å². The van der Waals surface area contributed by atoms with Crippen LogP contribution in [0.2, 0.25) is 0 Å². The van der Waals surface area contributed by atoms with Crippen molar-refractivity contribution < 1.29 is 78.3 Å². The zero-order valence-electron chi connectivity index (χ0n) is 24.0. The summed E-state index contributed by atoms with van der Waals surface area (Å²) in [5, 5.41) is 68.4. The minimum absolute atomic E-state index is 0.699. The fraction of sp³-hybridized carbons (Fsp3) is 0.792. The van der Waals surface area contributed by atoms with E-state index in [2.05, 4.69) is 16.0 Å². The van der Waals surface area contributed by atoms with Gasteiger partial charge in [-0.05, 0) is 6.92 Å². The normalized spacial score (nSPS) is 42.5. The molecule has 3 rings (SSSR count). The Morgan fingerprint density at radius 3 is 1.64 bits per heavy atom. The number of amides is 3. The molecule has 0 saturated carbocycles. The van der Waals surface area contributed by atoms with Gasteiger partial charge in [-0.3, -0.25) is 14.4 Å². The van der Waals surface area contributed by atoms with E-state index in [1.807, 2.05) is 0 Å². The molecule has 11 N–H and O–H groups in total. The molecule has 0 aromatic heterocycles. The number of carbonyl (C=O) groups excluding carboxylic acids is 3. The number of nitrogens with two attached hydrogens (primary N) is 1. The lowest BCUT2D eigenvalue weighted by atomic mass is 9.92. The van der Waals surface area contributed by atoms with E-state index in [0.717, 1.165) is 20.8 Å². The maximum Gasteiger partial charge on any atom is 0.335 e. The van der Waals surface area contributed by atoms with Gasteiger partial charge in [0.15, 0.2) is 31.1 Å². The minimum atomic E-state index is -2.01. The van der Waals surface area contributed by atoms with Crippen LogP contribution in [-0.2, 0) is 47.7 Å². The van der Waals surface area contributed by atoms with Crippen LogP contribution in [0.3, 0.4) is 0 Å². The van der Waals surface area contributed by atoms with Gasteiger partial charge in [-0.15, -0.1) is 0 Å². The number of carboxylic acids is 2. The van der Waals surface area contributed by atoms with E-state index in [9.17, 15) is 54.6 Å². The molecule has 3 amide bonds. The van der Waals surface area contributed by atoms with Gasteiger partial charge in [0.05, 0.1) is 12.1 Å². The molecule has 0 bridgehead atoms. The Hall–Kier alpha value is -3.05. The van der Waals surface area contributed by atoms with Gasteiger partial charge in [-0.1, -0.05) is 0 Å². The number of carbonyl (C=O) groups is 5. The van der Waals surface area contributed by atoms with Crippen LogP contribution in [0.15, 0.2) is 0 Å². The van der Waals surface area contributed by atoms with Crippen LogP contribution in [0, 0.1) is 0 Å². The molecule has 0 spiro atoms. The summed E-state index contributed by atoms with van der Waals surface area (Å²) >= 11 is 0. The highest BCUT2D eigenvalue weighted by molar-refractivity contribution is 5.76. The van der Waals surface area contributed by atoms with Crippen LogP contribution in [-0.4, -0.2) is 152 Å². The lowest BCUT2D eigenvalue weighted by molar-refractivity contribution is -0.328. The molecule has 3 saturated heterocycles. The Labute approximate surface area is 249 Å². The van der Waals surface area contributed by atoms with Crippen molar-refractivity contribution in [2.45, 2.75) is 120 Å². The largest absolute Gasteiger partial charge is 0.479 e. The summed E-state index contributed by atoms with van der Waals surface area (Å²) < 4.78 is 28.1. The molecule has 0 unspecified atom stereocenters. The summed E-state index contributed by atoms with van der Waals surface area (Å²) in [5.74, 6) is -5.45. The summed E-state index contributed by atoms with van der Waals surface area (Å²) in [7, 11) is 0. The number of hydrogen-bond acceptors (Lipinski definition) is 15. The van der Waals surface area contributed by atoms with Crippen molar-refractivity contribution in [3.05, 3.63) is 0 Å². The first-order chi connectivity index (χ1) is 20.4. The first kappa shape index (κ1) is 35.4. The summed E-state index contributed by atoms with van der Waals surface area (Å²) in [4.78, 5) is 59.5. The van der Waals surface area contributed by atoms with E-state index in [4.69, 9.17) is 29.4 Å². The van der Waals surface area contributed by atoms with Crippen LogP contribution in [0.4, 0.5) is 0 Å². The molecule has 20 nitrogen and oxygen atoms in total. The molecular weight excluding hydrogens is 600 g/mol. The quantitative estimate of drug-likeness (QED) is 0.112. The van der Waals surface area contributed by atoms with Crippen molar-refractivity contribution >= 4 is 29.7 Å². The van der Waals surface area contributed by atoms with Gasteiger partial charge in [0.2, 0.25) is 17.7 Å². The maximum atomic E-state index is 12.3. The molecule has 0 aromatic rings. The van der Waals surface area contributed by atoms with E-state index >= 15 is 0 Å². The molecule has 44 heavy (non-hydrogen) atoms. The molecule has 3 heterocycles. The first-order valence-electron chi connectivity index (χ1n) is 13.5. The Morgan fingerprint density at radius 1 is 0.636 bits per heavy atom. The van der Waals surface area contributed by atoms with Crippen molar-refractivity contribution in [2.24, 2.45) is 5.73 Å². The Bertz CT molecular complexity index is 1100. The maximum absolute atomic E-state index is 12.3. The minimum Gasteiger partial charge on any atom is -0.479 e. The topological polar surface area (TPSA) is 315 Å². The lowest BCUT2D eigenvalue weighted by Gasteiger charge is -2.49. The second-order valence-electron chi connectivity index (χ2n) is 10.7. The summed E-state index contributed by atoms with van der Waals surface area (Å²) in [6.45, 7) is 4.69. The number of rotatable bonds is 9. The molecule has 0 radical (unpaired) electrons. The number of carboxylic acid groups (broad SMARTS) is 2. The van der Waals surface area contributed by atoms with E-state index in [0.29, 0.717) is 0 Å². The highest BCUT2D eigenvalue weighted by Crippen LogP contribution is 2.32. The molecule has 3 aliphatic heterocycles. The number of aliphatic hydroxyl groups is 4. The molecule has 15 atom stereocenters. The number of aliphatic carboxylic acids is 2. The highest BCUT2D eigenvalue weighted by atomic mass is 16.7. The van der Waals surface area contributed by atoms with Gasteiger partial charge in [0.1, 0.15) is 48.6 Å². The average Bonchev–Trinajstić information content (AvgIpc) is 2.91. The average molecular weight is 639 g/mol. The fourth-order valence-electron chi connectivity index (χ4n) is 5.21. The SMILES string of the molecule is CC(=O)N[C@@H]1[C@@H](O)[C@@H](O[C@@H]2O[C@H](C)[C@H](N)[C@H](O[C@@H]3O[C@@H](C(=O)O)[C@H](O)[C@H](O)[C@H]3NC(C)=O)[C@H]2NC(C)=O)[C@H](C(=O)O)O[C@H]1O. The highest BCUT2D eigenvalue weighted by Gasteiger charge is 2.55. The third-order valence-electron chi connectivity index (χ3n) is 7.29. The van der Waals surface area contributed by atoms with Gasteiger partial charge in [-0.25, -0.2) is 9.59 Å². The van der Waals surface area contributed by atoms with E-state index in [1.54, 1.807) is 0 Å². The molecule has 250 valence electrons. The lowest BCUT2D eigenvalue weighted by Crippen LogP contribution is -2.72. The molecule has 3 fully saturated rings. The van der Waals surface area contributed by atoms with Crippen molar-refractivity contribution in [3.8, 4) is 0 Å². The molecule has 0 aliphatic carbocycles. The van der Waals surface area contributed by atoms with Crippen molar-refractivity contribution in [2.75, 3.05) is 0 Å². The van der Waals surface area contributed by atoms with Crippen LogP contribution in [0.25, 0.3) is 0 Å². The number of hydrogen-bond donors (Lipinski definition) is 10. The van der Waals surface area contributed by atoms with Crippen molar-refractivity contribution in [1.82, 2.24) is 16.0 Å². The third kappa shape index (κ3) is 7.77. The number of nitrogens with one attached hydrogen (secondary N) is 3. The zero-order chi connectivity index (χ0) is 33.2. The predicted molar refractivity (Wildman–Crippen MR) is 138 cm³/mol. The Kier molecular flexibility index (Phi) is 11.6. The van der Waals surface area contributed by atoms with Crippen LogP contribution in [0.5, 0.6) is 0 Å². The second-order valence-corrected chi connectivity index (χ2v) is 10.7. The fourth-order valence-corrected chi connectivity index (χ4v) is 5.21. The number of ether oxygens (including phenoxy) is 5. The number of aliphatic hydroxyl groups excluding tert-OH is 4. The van der Waals surface area contributed by atoms with E-state index in [-0.39, 0.29) is 0 Å². The summed E-state index contributed by atoms with van der Waals surface area (Å²) in [6.07, 6.45) is -19.5. The van der Waals surface area contributed by atoms with Crippen LogP contribution in [0.1, 0.15) is 27.7 Å². The Balaban J connectivity index is 1.99. The first-order valence-corrected chi connectivity index (χ1v) is 13.5. The molecule has 0 aromatic carbocycles. The molecular formula is C24H38N4O16. The zero-order valence-corrected chi connectivity index (χ0v) is 24.0. The summed E-state index contributed by atoms with van der Waals surface area (Å²) in [5.41, 5.74) is 6.33. The molecule has 20 heteroatoms. The van der Waals surface area contributed by atoms with Gasteiger partial charge < -0.3 is 76.0 Å². The standard InChI is InChI=1S/C24H38N4O16/c1-5-9(25)16(42-23-11(27-7(3)30)13(32)15(34)18(44-23)20(35)36)12(28-8(4)31)24(40-5)43-17-14(33)10(26-6(2)29)22(39)41-19(17)21(37)38/h5,9-19,22-24,32-34,39H,25H2,1-4H3,(H,26,29)(H,27,30)(H,28,31)(H,35,36)(H,37,38)/t5-,9+,10-,11-,12-,13-,14-,15-,16+,17-,18-,19-,22-,23-,24+/m1/s1. The smallest absolute Gasteiger partial charge is 0.335 e.